The van der Waals surface area contributed by atoms with Crippen LogP contribution in [0.2, 0.25) is 0 Å². The Morgan fingerprint density at radius 2 is 2.17 bits per heavy atom. The van der Waals surface area contributed by atoms with Crippen LogP contribution in [-0.2, 0) is 25.1 Å². The Kier molecular flexibility index (Phi) is 4.20. The summed E-state index contributed by atoms with van der Waals surface area (Å²) in [6.45, 7) is 3.75. The molecule has 7 nitrogen and oxygen atoms in total. The molecule has 3 aromatic rings. The van der Waals surface area contributed by atoms with Crippen LogP contribution in [0, 0.1) is 0 Å². The van der Waals surface area contributed by atoms with Crippen molar-refractivity contribution >= 4 is 17.8 Å². The number of anilines is 1. The number of nitrogens with one attached hydrogen (secondary N) is 1. The van der Waals surface area contributed by atoms with E-state index in [4.69, 9.17) is 4.42 Å². The van der Waals surface area contributed by atoms with Crippen LogP contribution in [0.15, 0.2) is 33.8 Å². The molecule has 0 saturated carbocycles. The van der Waals surface area contributed by atoms with E-state index in [9.17, 15) is 0 Å². The maximum absolute atomic E-state index is 5.85. The first-order valence-electron chi connectivity index (χ1n) is 7.98. The highest BCUT2D eigenvalue weighted by Gasteiger charge is 2.24. The molecule has 4 rings (SSSR count). The number of aromatic nitrogens is 5. The van der Waals surface area contributed by atoms with Gasteiger partial charge in [0.05, 0.1) is 18.0 Å². The minimum absolute atomic E-state index is 0.592. The maximum atomic E-state index is 5.85. The summed E-state index contributed by atoms with van der Waals surface area (Å²) in [5.74, 6) is 1.29. The average Bonchev–Trinajstić information content (AvgIpc) is 3.27. The van der Waals surface area contributed by atoms with E-state index in [2.05, 4.69) is 37.2 Å². The largest absolute Gasteiger partial charge is 0.407 e. The molecule has 0 spiro atoms. The third-order valence-electron chi connectivity index (χ3n) is 4.09. The van der Waals surface area contributed by atoms with Gasteiger partial charge in [0.25, 0.3) is 0 Å². The number of nitrogens with zero attached hydrogens (tertiary/aromatic N) is 5. The number of thioether (sulfide) groups is 1. The highest BCUT2D eigenvalue weighted by atomic mass is 32.2. The SMILES string of the molecule is CCc1n[nH]c2c1CN(c1nnc(CSc3ccncc3)o1)CC2. The van der Waals surface area contributed by atoms with Crippen molar-refractivity contribution in [3.05, 3.63) is 47.4 Å². The van der Waals surface area contributed by atoms with Crippen LogP contribution in [0.1, 0.15) is 29.8 Å². The molecule has 1 N–H and O–H groups in total. The van der Waals surface area contributed by atoms with Crippen molar-refractivity contribution in [1.82, 2.24) is 25.4 Å². The van der Waals surface area contributed by atoms with Gasteiger partial charge in [-0.2, -0.15) is 5.10 Å². The molecule has 3 aromatic heterocycles. The van der Waals surface area contributed by atoms with Gasteiger partial charge in [-0.1, -0.05) is 12.0 Å². The molecule has 0 aliphatic carbocycles. The van der Waals surface area contributed by atoms with Crippen molar-refractivity contribution < 1.29 is 4.42 Å². The second kappa shape index (κ2) is 6.64. The first-order chi connectivity index (χ1) is 11.8. The van der Waals surface area contributed by atoms with E-state index in [0.717, 1.165) is 36.5 Å². The van der Waals surface area contributed by atoms with E-state index in [1.165, 1.54) is 11.3 Å². The zero-order valence-electron chi connectivity index (χ0n) is 13.4. The van der Waals surface area contributed by atoms with Crippen molar-refractivity contribution in [3.63, 3.8) is 0 Å². The molecule has 0 saturated heterocycles. The second-order valence-electron chi connectivity index (χ2n) is 5.60. The summed E-state index contributed by atoms with van der Waals surface area (Å²) in [5, 5.41) is 15.9. The average molecular weight is 342 g/mol. The first-order valence-corrected chi connectivity index (χ1v) is 8.97. The zero-order valence-corrected chi connectivity index (χ0v) is 14.2. The van der Waals surface area contributed by atoms with E-state index in [1.807, 2.05) is 12.1 Å². The molecule has 8 heteroatoms. The van der Waals surface area contributed by atoms with Crippen LogP contribution in [-0.4, -0.2) is 31.9 Å². The molecular weight excluding hydrogens is 324 g/mol. The number of H-pyrrole nitrogens is 1. The van der Waals surface area contributed by atoms with Crippen LogP contribution < -0.4 is 4.90 Å². The fourth-order valence-electron chi connectivity index (χ4n) is 2.82. The molecule has 24 heavy (non-hydrogen) atoms. The normalized spacial score (nSPS) is 14.0. The van der Waals surface area contributed by atoms with Gasteiger partial charge < -0.3 is 9.32 Å². The van der Waals surface area contributed by atoms with Gasteiger partial charge in [0.1, 0.15) is 0 Å². The molecular formula is C16H18N6OS. The zero-order chi connectivity index (χ0) is 16.4. The summed E-state index contributed by atoms with van der Waals surface area (Å²) in [4.78, 5) is 7.28. The Morgan fingerprint density at radius 3 is 3.00 bits per heavy atom. The van der Waals surface area contributed by atoms with Crippen LogP contribution in [0.5, 0.6) is 0 Å². The monoisotopic (exact) mass is 342 g/mol. The molecule has 0 atom stereocenters. The Hall–Kier alpha value is -2.35. The lowest BCUT2D eigenvalue weighted by Gasteiger charge is -2.24. The first kappa shape index (κ1) is 15.2. The van der Waals surface area contributed by atoms with Gasteiger partial charge >= 0.3 is 6.01 Å². The van der Waals surface area contributed by atoms with Gasteiger partial charge in [0, 0.05) is 41.5 Å². The third kappa shape index (κ3) is 3.01. The van der Waals surface area contributed by atoms with Crippen LogP contribution in [0.4, 0.5) is 6.01 Å². The number of hydrogen-bond donors (Lipinski definition) is 1. The van der Waals surface area contributed by atoms with Crippen molar-refractivity contribution in [2.45, 2.75) is 37.0 Å². The van der Waals surface area contributed by atoms with Crippen LogP contribution in [0.3, 0.4) is 0 Å². The Morgan fingerprint density at radius 1 is 1.29 bits per heavy atom. The van der Waals surface area contributed by atoms with E-state index in [-0.39, 0.29) is 0 Å². The molecule has 0 aromatic carbocycles. The molecule has 0 fully saturated rings. The van der Waals surface area contributed by atoms with Crippen molar-refractivity contribution in [3.8, 4) is 0 Å². The quantitative estimate of drug-likeness (QED) is 0.713. The van der Waals surface area contributed by atoms with Gasteiger partial charge in [-0.15, -0.1) is 16.9 Å². The molecule has 124 valence electrons. The number of pyridine rings is 1. The minimum Gasteiger partial charge on any atom is -0.407 e. The molecule has 1 aliphatic rings. The lowest BCUT2D eigenvalue weighted by atomic mass is 10.0. The van der Waals surface area contributed by atoms with Gasteiger partial charge in [-0.3, -0.25) is 10.1 Å². The highest BCUT2D eigenvalue weighted by molar-refractivity contribution is 7.98. The molecule has 0 unspecified atom stereocenters. The van der Waals surface area contributed by atoms with Crippen molar-refractivity contribution in [1.29, 1.82) is 0 Å². The Bertz CT molecular complexity index is 802. The fourth-order valence-corrected chi connectivity index (χ4v) is 3.54. The van der Waals surface area contributed by atoms with Crippen LogP contribution >= 0.6 is 11.8 Å². The third-order valence-corrected chi connectivity index (χ3v) is 5.09. The van der Waals surface area contributed by atoms with Gasteiger partial charge in [-0.05, 0) is 18.6 Å². The minimum atomic E-state index is 0.592. The Balaban J connectivity index is 1.43. The lowest BCUT2D eigenvalue weighted by Crippen LogP contribution is -2.30. The van der Waals surface area contributed by atoms with E-state index in [0.29, 0.717) is 17.7 Å². The number of aromatic amines is 1. The lowest BCUT2D eigenvalue weighted by molar-refractivity contribution is 0.493. The number of hydrogen-bond acceptors (Lipinski definition) is 7. The number of aryl methyl sites for hydroxylation is 1. The summed E-state index contributed by atoms with van der Waals surface area (Å²) in [5.41, 5.74) is 3.63. The van der Waals surface area contributed by atoms with E-state index >= 15 is 0 Å². The van der Waals surface area contributed by atoms with Gasteiger partial charge in [-0.25, -0.2) is 0 Å². The highest BCUT2D eigenvalue weighted by Crippen LogP contribution is 2.27. The fraction of sp³-hybridized carbons (Fsp3) is 0.375. The predicted octanol–water partition coefficient (Wildman–Crippen LogP) is 2.61. The topological polar surface area (TPSA) is 83.7 Å². The molecule has 4 heterocycles. The standard InChI is InChI=1S/C16H18N6OS/c1-2-13-12-9-22(8-5-14(12)19-18-13)16-21-20-15(23-16)10-24-11-3-6-17-7-4-11/h3-4,6-7H,2,5,8-10H2,1H3,(H,18,19). The van der Waals surface area contributed by atoms with Crippen molar-refractivity contribution in [2.24, 2.45) is 0 Å². The molecule has 0 bridgehead atoms. The van der Waals surface area contributed by atoms with Gasteiger partial charge in [0.15, 0.2) is 0 Å². The summed E-state index contributed by atoms with van der Waals surface area (Å²) >= 11 is 1.66. The molecule has 0 amide bonds. The summed E-state index contributed by atoms with van der Waals surface area (Å²) in [6.07, 6.45) is 5.41. The summed E-state index contributed by atoms with van der Waals surface area (Å²) in [6, 6.07) is 4.53. The molecule has 0 radical (unpaired) electrons. The van der Waals surface area contributed by atoms with Gasteiger partial charge in [0.2, 0.25) is 5.89 Å². The second-order valence-corrected chi connectivity index (χ2v) is 6.65. The number of rotatable bonds is 5. The summed E-state index contributed by atoms with van der Waals surface area (Å²) in [7, 11) is 0. The number of fused-ring (bicyclic) bond motifs is 1. The maximum Gasteiger partial charge on any atom is 0.318 e. The predicted molar refractivity (Wildman–Crippen MR) is 90.8 cm³/mol. The summed E-state index contributed by atoms with van der Waals surface area (Å²) < 4.78 is 5.85. The smallest absolute Gasteiger partial charge is 0.318 e. The van der Waals surface area contributed by atoms with Crippen LogP contribution in [0.25, 0.3) is 0 Å². The Labute approximate surface area is 143 Å². The van der Waals surface area contributed by atoms with Crippen molar-refractivity contribution in [2.75, 3.05) is 11.4 Å². The molecule has 1 aliphatic heterocycles. The van der Waals surface area contributed by atoms with E-state index < -0.39 is 0 Å². The van der Waals surface area contributed by atoms with E-state index in [1.54, 1.807) is 24.2 Å².